The summed E-state index contributed by atoms with van der Waals surface area (Å²) in [5, 5.41) is 0. The van der Waals surface area contributed by atoms with Crippen LogP contribution in [0.15, 0.2) is 18.2 Å². The summed E-state index contributed by atoms with van der Waals surface area (Å²) in [5.74, 6) is 1.33. The van der Waals surface area contributed by atoms with Crippen molar-refractivity contribution in [3.05, 3.63) is 27.6 Å². The van der Waals surface area contributed by atoms with Crippen molar-refractivity contribution in [1.82, 2.24) is 9.55 Å². The molecule has 5 heteroatoms. The van der Waals surface area contributed by atoms with Crippen LogP contribution in [0.25, 0.3) is 11.0 Å². The van der Waals surface area contributed by atoms with E-state index in [0.717, 1.165) is 23.4 Å². The first-order valence-corrected chi connectivity index (χ1v) is 7.55. The van der Waals surface area contributed by atoms with Gasteiger partial charge in [0, 0.05) is 10.1 Å². The number of nitrogens with zero attached hydrogens (tertiary/aromatic N) is 2. The third-order valence-electron chi connectivity index (χ3n) is 2.67. The van der Waals surface area contributed by atoms with Gasteiger partial charge in [-0.15, -0.1) is 11.6 Å². The molecule has 98 valence electrons. The second-order valence-electron chi connectivity index (χ2n) is 4.37. The van der Waals surface area contributed by atoms with Crippen LogP contribution in [-0.4, -0.2) is 22.3 Å². The Hall–Kier alpha value is -0.330. The highest BCUT2D eigenvalue weighted by molar-refractivity contribution is 14.1. The molecule has 0 radical (unpaired) electrons. The van der Waals surface area contributed by atoms with Crippen molar-refractivity contribution >= 4 is 45.2 Å². The smallest absolute Gasteiger partial charge is 0.124 e. The summed E-state index contributed by atoms with van der Waals surface area (Å²) in [6.45, 7) is 5.55. The first kappa shape index (κ1) is 14.1. The summed E-state index contributed by atoms with van der Waals surface area (Å²) in [7, 11) is 0. The van der Waals surface area contributed by atoms with Gasteiger partial charge in [0.2, 0.25) is 0 Å². The van der Waals surface area contributed by atoms with E-state index < -0.39 is 0 Å². The number of hydrogen-bond donors (Lipinski definition) is 0. The topological polar surface area (TPSA) is 27.1 Å². The van der Waals surface area contributed by atoms with Gasteiger partial charge in [-0.1, -0.05) is 0 Å². The number of alkyl halides is 1. The number of rotatable bonds is 5. The van der Waals surface area contributed by atoms with Crippen LogP contribution in [0.5, 0.6) is 0 Å². The van der Waals surface area contributed by atoms with E-state index in [1.165, 1.54) is 3.57 Å². The zero-order chi connectivity index (χ0) is 13.1. The van der Waals surface area contributed by atoms with Gasteiger partial charge < -0.3 is 9.30 Å². The van der Waals surface area contributed by atoms with Crippen LogP contribution in [0.4, 0.5) is 0 Å². The van der Waals surface area contributed by atoms with E-state index in [9.17, 15) is 0 Å². The molecule has 0 aliphatic rings. The number of halogens is 2. The second-order valence-corrected chi connectivity index (χ2v) is 5.88. The Labute approximate surface area is 126 Å². The van der Waals surface area contributed by atoms with Crippen LogP contribution in [0.3, 0.4) is 0 Å². The van der Waals surface area contributed by atoms with Crippen molar-refractivity contribution in [2.24, 2.45) is 0 Å². The van der Waals surface area contributed by atoms with E-state index in [2.05, 4.69) is 50.3 Å². The first-order valence-electron chi connectivity index (χ1n) is 5.94. The number of hydrogen-bond acceptors (Lipinski definition) is 2. The Morgan fingerprint density at radius 1 is 1.44 bits per heavy atom. The fraction of sp³-hybridized carbons (Fsp3) is 0.462. The van der Waals surface area contributed by atoms with Gasteiger partial charge in [0.05, 0.1) is 29.6 Å². The molecule has 0 fully saturated rings. The van der Waals surface area contributed by atoms with Crippen LogP contribution >= 0.6 is 34.2 Å². The molecule has 0 spiro atoms. The maximum atomic E-state index is 5.96. The van der Waals surface area contributed by atoms with E-state index in [4.69, 9.17) is 16.3 Å². The second kappa shape index (κ2) is 6.21. The average molecular weight is 379 g/mol. The molecule has 2 aromatic rings. The third-order valence-corrected chi connectivity index (χ3v) is 3.58. The minimum atomic E-state index is 0.250. The van der Waals surface area contributed by atoms with Gasteiger partial charge in [-0.3, -0.25) is 0 Å². The molecular weight excluding hydrogens is 363 g/mol. The zero-order valence-electron chi connectivity index (χ0n) is 10.5. The number of ether oxygens (including phenoxy) is 1. The lowest BCUT2D eigenvalue weighted by atomic mass is 10.3. The molecule has 0 saturated heterocycles. The van der Waals surface area contributed by atoms with E-state index in [1.807, 2.05) is 13.8 Å². The van der Waals surface area contributed by atoms with E-state index in [1.54, 1.807) is 0 Å². The molecule has 2 rings (SSSR count). The largest absolute Gasteiger partial charge is 0.377 e. The van der Waals surface area contributed by atoms with Crippen molar-refractivity contribution in [3.8, 4) is 0 Å². The highest BCUT2D eigenvalue weighted by atomic mass is 127. The fourth-order valence-corrected chi connectivity index (χ4v) is 2.56. The van der Waals surface area contributed by atoms with Crippen molar-refractivity contribution in [2.75, 3.05) is 6.61 Å². The lowest BCUT2D eigenvalue weighted by molar-refractivity contribution is 0.0729. The maximum Gasteiger partial charge on any atom is 0.124 e. The summed E-state index contributed by atoms with van der Waals surface area (Å²) < 4.78 is 8.92. The normalized spacial score (nSPS) is 11.6. The Morgan fingerprint density at radius 3 is 2.89 bits per heavy atom. The average Bonchev–Trinajstić information content (AvgIpc) is 2.66. The van der Waals surface area contributed by atoms with Crippen LogP contribution in [0.2, 0.25) is 0 Å². The minimum absolute atomic E-state index is 0.250. The van der Waals surface area contributed by atoms with Gasteiger partial charge >= 0.3 is 0 Å². The third kappa shape index (κ3) is 3.16. The summed E-state index contributed by atoms with van der Waals surface area (Å²) in [4.78, 5) is 4.56. The van der Waals surface area contributed by atoms with Crippen LogP contribution < -0.4 is 0 Å². The summed E-state index contributed by atoms with van der Waals surface area (Å²) in [6.07, 6.45) is 0.250. The van der Waals surface area contributed by atoms with Gasteiger partial charge in [0.25, 0.3) is 0 Å². The molecule has 0 amide bonds. The fourth-order valence-electron chi connectivity index (χ4n) is 1.88. The maximum absolute atomic E-state index is 5.96. The zero-order valence-corrected chi connectivity index (χ0v) is 13.4. The van der Waals surface area contributed by atoms with E-state index >= 15 is 0 Å². The van der Waals surface area contributed by atoms with Crippen molar-refractivity contribution in [3.63, 3.8) is 0 Å². The lowest BCUT2D eigenvalue weighted by Crippen LogP contribution is -2.12. The van der Waals surface area contributed by atoms with Gasteiger partial charge in [-0.2, -0.15) is 0 Å². The lowest BCUT2D eigenvalue weighted by Gasteiger charge is -2.10. The molecule has 1 heterocycles. The Balaban J connectivity index is 2.29. The van der Waals surface area contributed by atoms with Gasteiger partial charge in [-0.25, -0.2) is 4.98 Å². The van der Waals surface area contributed by atoms with Crippen LogP contribution in [0, 0.1) is 3.57 Å². The van der Waals surface area contributed by atoms with Crippen molar-refractivity contribution in [2.45, 2.75) is 32.4 Å². The molecule has 18 heavy (non-hydrogen) atoms. The Kier molecular flexibility index (Phi) is 4.86. The Morgan fingerprint density at radius 2 is 2.22 bits per heavy atom. The highest BCUT2D eigenvalue weighted by Crippen LogP contribution is 2.20. The van der Waals surface area contributed by atoms with E-state index in [0.29, 0.717) is 12.5 Å². The van der Waals surface area contributed by atoms with E-state index in [-0.39, 0.29) is 6.10 Å². The molecule has 0 bridgehead atoms. The van der Waals surface area contributed by atoms with Crippen molar-refractivity contribution in [1.29, 1.82) is 0 Å². The highest BCUT2D eigenvalue weighted by Gasteiger charge is 2.10. The number of aromatic nitrogens is 2. The molecule has 0 unspecified atom stereocenters. The molecule has 0 saturated carbocycles. The molecule has 0 N–H and O–H groups in total. The molecular formula is C13H16ClIN2O. The monoisotopic (exact) mass is 378 g/mol. The predicted octanol–water partition coefficient (Wildman–Crippen LogP) is 3.80. The minimum Gasteiger partial charge on any atom is -0.377 e. The summed E-state index contributed by atoms with van der Waals surface area (Å²) >= 11 is 8.25. The SMILES string of the molecule is CC(C)OCCn1c(CCl)nc2cc(I)ccc21. The number of benzene rings is 1. The molecule has 0 aliphatic carbocycles. The molecule has 1 aromatic heterocycles. The van der Waals surface area contributed by atoms with Crippen molar-refractivity contribution < 1.29 is 4.74 Å². The van der Waals surface area contributed by atoms with Crippen LogP contribution in [0.1, 0.15) is 19.7 Å². The first-order chi connectivity index (χ1) is 8.61. The Bertz CT molecular complexity index is 539. The standard InChI is InChI=1S/C13H16ClIN2O/c1-9(2)18-6-5-17-12-4-3-10(15)7-11(12)16-13(17)8-14/h3-4,7,9H,5-6,8H2,1-2H3. The summed E-state index contributed by atoms with van der Waals surface area (Å²) in [6, 6.07) is 6.25. The predicted molar refractivity (Wildman–Crippen MR) is 83.1 cm³/mol. The number of fused-ring (bicyclic) bond motifs is 1. The molecule has 0 aliphatic heterocycles. The molecule has 0 atom stereocenters. The van der Waals surface area contributed by atoms with Gasteiger partial charge in [0.1, 0.15) is 5.82 Å². The summed E-state index contributed by atoms with van der Waals surface area (Å²) in [5.41, 5.74) is 2.13. The van der Waals surface area contributed by atoms with Gasteiger partial charge in [0.15, 0.2) is 0 Å². The molecule has 1 aromatic carbocycles. The van der Waals surface area contributed by atoms with Gasteiger partial charge in [-0.05, 0) is 54.6 Å². The van der Waals surface area contributed by atoms with Crippen LogP contribution in [-0.2, 0) is 17.2 Å². The number of imidazole rings is 1. The quantitative estimate of drug-likeness (QED) is 0.584. The molecule has 3 nitrogen and oxygen atoms in total.